The summed E-state index contributed by atoms with van der Waals surface area (Å²) in [5, 5.41) is 1.10. The number of nitrogen functional groups attached to an aromatic ring is 1. The van der Waals surface area contributed by atoms with Crippen LogP contribution >= 0.6 is 11.3 Å². The average molecular weight is 278 g/mol. The number of rotatable bonds is 4. The largest absolute Gasteiger partial charge is 0.371 e. The Balaban J connectivity index is 2.14. The third-order valence-electron chi connectivity index (χ3n) is 3.50. The number of hydrogen-bond donors (Lipinski definition) is 2. The van der Waals surface area contributed by atoms with Crippen molar-refractivity contribution in [2.75, 3.05) is 12.0 Å². The van der Waals surface area contributed by atoms with Crippen LogP contribution in [0.4, 0.5) is 5.82 Å². The predicted octanol–water partition coefficient (Wildman–Crippen LogP) is 2.56. The van der Waals surface area contributed by atoms with Crippen LogP contribution in [-0.4, -0.2) is 16.6 Å². The van der Waals surface area contributed by atoms with Gasteiger partial charge < -0.3 is 10.2 Å². The number of hydrazine groups is 1. The first-order valence-electron chi connectivity index (χ1n) is 6.65. The van der Waals surface area contributed by atoms with E-state index in [0.717, 1.165) is 28.9 Å². The Labute approximate surface area is 116 Å². The van der Waals surface area contributed by atoms with Crippen LogP contribution in [0.3, 0.4) is 0 Å². The van der Waals surface area contributed by atoms with Gasteiger partial charge in [-0.25, -0.2) is 15.8 Å². The predicted molar refractivity (Wildman–Crippen MR) is 77.3 cm³/mol. The molecule has 1 unspecified atom stereocenters. The topological polar surface area (TPSA) is 73.1 Å². The van der Waals surface area contributed by atoms with Gasteiger partial charge >= 0.3 is 0 Å². The molecule has 1 aliphatic carbocycles. The van der Waals surface area contributed by atoms with Gasteiger partial charge in [-0.2, -0.15) is 0 Å². The third-order valence-corrected chi connectivity index (χ3v) is 4.68. The summed E-state index contributed by atoms with van der Waals surface area (Å²) in [7, 11) is 0. The highest BCUT2D eigenvalue weighted by atomic mass is 32.1. The summed E-state index contributed by atoms with van der Waals surface area (Å²) in [5.74, 6) is 7.06. The van der Waals surface area contributed by atoms with Gasteiger partial charge in [-0.05, 0) is 38.7 Å². The minimum atomic E-state index is -0.113. The van der Waals surface area contributed by atoms with Gasteiger partial charge in [-0.3, -0.25) is 0 Å². The van der Waals surface area contributed by atoms with Gasteiger partial charge in [-0.1, -0.05) is 0 Å². The van der Waals surface area contributed by atoms with Crippen molar-refractivity contribution in [2.45, 2.75) is 39.2 Å². The van der Waals surface area contributed by atoms with Crippen molar-refractivity contribution in [2.24, 2.45) is 5.84 Å². The molecular weight excluding hydrogens is 260 g/mol. The molecule has 2 aromatic rings. The van der Waals surface area contributed by atoms with E-state index in [2.05, 4.69) is 15.4 Å². The number of nitrogens with two attached hydrogens (primary N) is 1. The lowest BCUT2D eigenvalue weighted by atomic mass is 10.2. The highest BCUT2D eigenvalue weighted by Gasteiger charge is 2.23. The van der Waals surface area contributed by atoms with Crippen LogP contribution in [0.5, 0.6) is 0 Å². The maximum absolute atomic E-state index is 5.64. The van der Waals surface area contributed by atoms with Crippen molar-refractivity contribution < 1.29 is 4.74 Å². The fourth-order valence-electron chi connectivity index (χ4n) is 2.62. The first kappa shape index (κ1) is 12.8. The van der Waals surface area contributed by atoms with Crippen LogP contribution < -0.4 is 11.3 Å². The number of fused-ring (bicyclic) bond motifs is 3. The van der Waals surface area contributed by atoms with Gasteiger partial charge in [0.25, 0.3) is 0 Å². The second-order valence-corrected chi connectivity index (χ2v) is 5.79. The molecule has 1 aliphatic rings. The van der Waals surface area contributed by atoms with Crippen molar-refractivity contribution >= 4 is 27.4 Å². The lowest BCUT2D eigenvalue weighted by Gasteiger charge is -2.12. The molecule has 0 amide bonds. The molecule has 0 spiro atoms. The second kappa shape index (κ2) is 5.03. The first-order valence-corrected chi connectivity index (χ1v) is 7.46. The molecule has 102 valence electrons. The maximum atomic E-state index is 5.64. The Kier molecular flexibility index (Phi) is 3.38. The SMILES string of the molecule is CCOC(C)c1nc(NN)c2c3c(sc2n1)CCC3. The van der Waals surface area contributed by atoms with E-state index in [4.69, 9.17) is 10.6 Å². The molecule has 0 radical (unpaired) electrons. The lowest BCUT2D eigenvalue weighted by Crippen LogP contribution is -2.13. The molecule has 19 heavy (non-hydrogen) atoms. The van der Waals surface area contributed by atoms with Gasteiger partial charge in [0.05, 0.1) is 5.39 Å². The quantitative estimate of drug-likeness (QED) is 0.664. The first-order chi connectivity index (χ1) is 9.24. The molecule has 2 heterocycles. The summed E-state index contributed by atoms with van der Waals surface area (Å²) < 4.78 is 5.56. The molecule has 0 saturated heterocycles. The normalized spacial score (nSPS) is 15.7. The van der Waals surface area contributed by atoms with Gasteiger partial charge in [0.15, 0.2) is 11.6 Å². The maximum Gasteiger partial charge on any atom is 0.160 e. The zero-order valence-electron chi connectivity index (χ0n) is 11.2. The summed E-state index contributed by atoms with van der Waals surface area (Å²) in [6.45, 7) is 4.58. The highest BCUT2D eigenvalue weighted by molar-refractivity contribution is 7.19. The Morgan fingerprint density at radius 1 is 1.42 bits per heavy atom. The van der Waals surface area contributed by atoms with Crippen molar-refractivity contribution in [3.8, 4) is 0 Å². The van der Waals surface area contributed by atoms with E-state index in [1.54, 1.807) is 11.3 Å². The number of thiophene rings is 1. The van der Waals surface area contributed by atoms with Gasteiger partial charge in [0, 0.05) is 11.5 Å². The van der Waals surface area contributed by atoms with Crippen LogP contribution in [0.2, 0.25) is 0 Å². The molecule has 3 N–H and O–H groups in total. The minimum Gasteiger partial charge on any atom is -0.371 e. The molecule has 0 aliphatic heterocycles. The third kappa shape index (κ3) is 2.09. The Bertz CT molecular complexity index is 610. The summed E-state index contributed by atoms with van der Waals surface area (Å²) in [5.41, 5.74) is 4.10. The van der Waals surface area contributed by atoms with Gasteiger partial charge in [0.2, 0.25) is 0 Å². The molecule has 1 atom stereocenters. The fourth-order valence-corrected chi connectivity index (χ4v) is 3.89. The van der Waals surface area contributed by atoms with E-state index in [1.807, 2.05) is 13.8 Å². The number of anilines is 1. The number of ether oxygens (including phenoxy) is 1. The number of hydrogen-bond acceptors (Lipinski definition) is 6. The van der Waals surface area contributed by atoms with E-state index in [0.29, 0.717) is 12.4 Å². The Hall–Kier alpha value is -1.24. The summed E-state index contributed by atoms with van der Waals surface area (Å²) >= 11 is 1.76. The van der Waals surface area contributed by atoms with Crippen LogP contribution in [0.1, 0.15) is 42.6 Å². The lowest BCUT2D eigenvalue weighted by molar-refractivity contribution is 0.0704. The molecule has 2 aromatic heterocycles. The molecule has 0 fully saturated rings. The standard InChI is InChI=1S/C13H18N4OS/c1-3-18-7(2)11-15-12(17-14)10-8-5-4-6-9(8)19-13(10)16-11/h7H,3-6,14H2,1-2H3,(H,15,16,17). The number of aromatic nitrogens is 2. The Morgan fingerprint density at radius 3 is 3.00 bits per heavy atom. The zero-order valence-corrected chi connectivity index (χ0v) is 12.0. The van der Waals surface area contributed by atoms with Crippen molar-refractivity contribution in [1.29, 1.82) is 0 Å². The van der Waals surface area contributed by atoms with Crippen molar-refractivity contribution in [1.82, 2.24) is 9.97 Å². The smallest absolute Gasteiger partial charge is 0.160 e. The zero-order chi connectivity index (χ0) is 13.4. The second-order valence-electron chi connectivity index (χ2n) is 4.71. The monoisotopic (exact) mass is 278 g/mol. The number of nitrogens with zero attached hydrogens (tertiary/aromatic N) is 2. The molecule has 5 nitrogen and oxygen atoms in total. The van der Waals surface area contributed by atoms with E-state index in [9.17, 15) is 0 Å². The summed E-state index contributed by atoms with van der Waals surface area (Å²) in [6, 6.07) is 0. The van der Waals surface area contributed by atoms with Crippen molar-refractivity contribution in [3.05, 3.63) is 16.3 Å². The van der Waals surface area contributed by atoms with Crippen LogP contribution in [0.15, 0.2) is 0 Å². The molecule has 0 saturated carbocycles. The summed E-state index contributed by atoms with van der Waals surface area (Å²) in [4.78, 5) is 11.6. The van der Waals surface area contributed by atoms with E-state index >= 15 is 0 Å². The molecule has 6 heteroatoms. The summed E-state index contributed by atoms with van der Waals surface area (Å²) in [6.07, 6.45) is 3.36. The molecule has 0 aromatic carbocycles. The average Bonchev–Trinajstić information content (AvgIpc) is 2.97. The van der Waals surface area contributed by atoms with Gasteiger partial charge in [-0.15, -0.1) is 11.3 Å². The highest BCUT2D eigenvalue weighted by Crippen LogP contribution is 2.39. The minimum absolute atomic E-state index is 0.113. The van der Waals surface area contributed by atoms with Gasteiger partial charge in [0.1, 0.15) is 10.9 Å². The van der Waals surface area contributed by atoms with E-state index in [1.165, 1.54) is 16.9 Å². The van der Waals surface area contributed by atoms with Crippen LogP contribution in [0, 0.1) is 0 Å². The van der Waals surface area contributed by atoms with E-state index in [-0.39, 0.29) is 6.10 Å². The number of nitrogens with one attached hydrogen (secondary N) is 1. The molecule has 0 bridgehead atoms. The van der Waals surface area contributed by atoms with Crippen LogP contribution in [0.25, 0.3) is 10.2 Å². The fraction of sp³-hybridized carbons (Fsp3) is 0.538. The van der Waals surface area contributed by atoms with Crippen LogP contribution in [-0.2, 0) is 17.6 Å². The Morgan fingerprint density at radius 2 is 2.26 bits per heavy atom. The molecular formula is C13H18N4OS. The number of aryl methyl sites for hydroxylation is 2. The van der Waals surface area contributed by atoms with Crippen molar-refractivity contribution in [3.63, 3.8) is 0 Å². The molecule has 3 rings (SSSR count). The van der Waals surface area contributed by atoms with E-state index < -0.39 is 0 Å².